The number of aryl methyl sites for hydroxylation is 1. The van der Waals surface area contributed by atoms with E-state index in [1.807, 2.05) is 31.2 Å². The smallest absolute Gasteiger partial charge is 0.339 e. The molecule has 0 N–H and O–H groups in total. The average Bonchev–Trinajstić information content (AvgIpc) is 3.69. The summed E-state index contributed by atoms with van der Waals surface area (Å²) in [6, 6.07) is 23.1. The summed E-state index contributed by atoms with van der Waals surface area (Å²) < 4.78 is 5.45. The lowest BCUT2D eigenvalue weighted by atomic mass is 9.85. The minimum atomic E-state index is -0.617. The highest BCUT2D eigenvalue weighted by Gasteiger charge is 2.59. The van der Waals surface area contributed by atoms with Gasteiger partial charge < -0.3 is 4.74 Å². The highest BCUT2D eigenvalue weighted by atomic mass is 16.5. The number of hydrogen-bond acceptors (Lipinski definition) is 6. The number of benzene rings is 3. The van der Waals surface area contributed by atoms with E-state index in [0.29, 0.717) is 39.0 Å². The van der Waals surface area contributed by atoms with Crippen LogP contribution in [0.2, 0.25) is 0 Å². The van der Waals surface area contributed by atoms with E-state index in [9.17, 15) is 19.2 Å². The molecule has 7 heteroatoms. The summed E-state index contributed by atoms with van der Waals surface area (Å²) in [6.07, 6.45) is 5.05. The second kappa shape index (κ2) is 9.63. The molecule has 7 rings (SSSR count). The summed E-state index contributed by atoms with van der Waals surface area (Å²) >= 11 is 0. The van der Waals surface area contributed by atoms with Crippen molar-refractivity contribution >= 4 is 40.2 Å². The number of aromatic nitrogens is 1. The summed E-state index contributed by atoms with van der Waals surface area (Å²) in [4.78, 5) is 58.3. The van der Waals surface area contributed by atoms with Crippen LogP contribution in [0.15, 0.2) is 91.0 Å². The predicted octanol–water partition coefficient (Wildman–Crippen LogP) is 5.56. The van der Waals surface area contributed by atoms with Gasteiger partial charge in [0, 0.05) is 16.5 Å². The summed E-state index contributed by atoms with van der Waals surface area (Å²) in [5.74, 6) is -1.38. The number of carbonyl (C=O) groups excluding carboxylic acids is 4. The molecule has 0 unspecified atom stereocenters. The van der Waals surface area contributed by atoms with E-state index in [1.165, 1.54) is 4.90 Å². The van der Waals surface area contributed by atoms with Crippen molar-refractivity contribution in [3.8, 4) is 11.3 Å². The standard InChI is InChI=1S/C34H26N2O5/c1-19-7-14-27-25(15-19)26(34(40)41-18-29(37)21-5-3-2-4-6-21)17-28(35-27)20-10-12-24(13-11-20)36-32(38)30-22-8-9-23(16-22)31(30)33(36)39/h2-15,17,22-23,30-31H,16,18H2,1H3/t22-,23-,30-,31-/m0/s1. The molecule has 2 aliphatic carbocycles. The SMILES string of the molecule is Cc1ccc2nc(-c3ccc(N4C(=O)[C@@H]5[C@@H](C4=O)[C@H]4C=C[C@H]5C4)cc3)cc(C(=O)OCC(=O)c3ccccc3)c2c1. The van der Waals surface area contributed by atoms with Gasteiger partial charge >= 0.3 is 5.97 Å². The molecule has 1 aliphatic heterocycles. The van der Waals surface area contributed by atoms with Crippen molar-refractivity contribution in [3.63, 3.8) is 0 Å². The van der Waals surface area contributed by atoms with Gasteiger partial charge in [-0.3, -0.25) is 19.3 Å². The molecule has 1 saturated carbocycles. The molecule has 41 heavy (non-hydrogen) atoms. The molecule has 3 aliphatic rings. The molecule has 3 aromatic carbocycles. The van der Waals surface area contributed by atoms with E-state index in [0.717, 1.165) is 12.0 Å². The Morgan fingerprint density at radius 2 is 1.56 bits per heavy atom. The van der Waals surface area contributed by atoms with Gasteiger partial charge in [0.05, 0.1) is 34.3 Å². The number of nitrogens with zero attached hydrogens (tertiary/aromatic N) is 2. The third-order valence-electron chi connectivity index (χ3n) is 8.51. The summed E-state index contributed by atoms with van der Waals surface area (Å²) in [6.45, 7) is 1.55. The highest BCUT2D eigenvalue weighted by molar-refractivity contribution is 6.22. The lowest BCUT2D eigenvalue weighted by Crippen LogP contribution is -2.32. The van der Waals surface area contributed by atoms with Crippen molar-refractivity contribution in [3.05, 3.63) is 108 Å². The van der Waals surface area contributed by atoms with Crippen molar-refractivity contribution in [1.29, 1.82) is 0 Å². The van der Waals surface area contributed by atoms with Crippen molar-refractivity contribution in [2.24, 2.45) is 23.7 Å². The number of Topliss-reactive ketones (excluding diaryl/α,β-unsaturated/α-hetero) is 1. The van der Waals surface area contributed by atoms with Gasteiger partial charge in [-0.15, -0.1) is 0 Å². The van der Waals surface area contributed by atoms with E-state index in [4.69, 9.17) is 9.72 Å². The van der Waals surface area contributed by atoms with Gasteiger partial charge in [0.25, 0.3) is 0 Å². The van der Waals surface area contributed by atoms with Gasteiger partial charge in [-0.2, -0.15) is 0 Å². The first kappa shape index (κ1) is 25.1. The van der Waals surface area contributed by atoms with E-state index in [-0.39, 0.29) is 47.9 Å². The summed E-state index contributed by atoms with van der Waals surface area (Å²) in [5, 5.41) is 0.630. The molecule has 2 amide bonds. The maximum absolute atomic E-state index is 13.3. The molecule has 1 aromatic heterocycles. The molecule has 2 heterocycles. The molecule has 4 atom stereocenters. The zero-order valence-electron chi connectivity index (χ0n) is 22.3. The topological polar surface area (TPSA) is 93.6 Å². The normalized spacial score (nSPS) is 22.4. The van der Waals surface area contributed by atoms with Crippen molar-refractivity contribution < 1.29 is 23.9 Å². The van der Waals surface area contributed by atoms with Crippen LogP contribution in [-0.4, -0.2) is 35.2 Å². The van der Waals surface area contributed by atoms with Gasteiger partial charge in [0.2, 0.25) is 11.8 Å². The number of fused-ring (bicyclic) bond motifs is 6. The molecular formula is C34H26N2O5. The van der Waals surface area contributed by atoms with Crippen LogP contribution in [0.25, 0.3) is 22.2 Å². The van der Waals surface area contributed by atoms with Gasteiger partial charge in [0.15, 0.2) is 12.4 Å². The Morgan fingerprint density at radius 1 is 0.878 bits per heavy atom. The van der Waals surface area contributed by atoms with Gasteiger partial charge in [-0.1, -0.05) is 66.2 Å². The van der Waals surface area contributed by atoms with Crippen molar-refractivity contribution in [2.75, 3.05) is 11.5 Å². The van der Waals surface area contributed by atoms with Crippen molar-refractivity contribution in [1.82, 2.24) is 4.98 Å². The van der Waals surface area contributed by atoms with Crippen molar-refractivity contribution in [2.45, 2.75) is 13.3 Å². The Morgan fingerprint density at radius 3 is 2.24 bits per heavy atom. The fourth-order valence-corrected chi connectivity index (χ4v) is 6.51. The summed E-state index contributed by atoms with van der Waals surface area (Å²) in [7, 11) is 0. The number of hydrogen-bond donors (Lipinski definition) is 0. The number of rotatable bonds is 6. The van der Waals surface area contributed by atoms with E-state index < -0.39 is 5.97 Å². The third kappa shape index (κ3) is 4.16. The van der Waals surface area contributed by atoms with Crippen LogP contribution in [0.3, 0.4) is 0 Å². The molecule has 202 valence electrons. The number of esters is 1. The van der Waals surface area contributed by atoms with E-state index >= 15 is 0 Å². The minimum Gasteiger partial charge on any atom is -0.454 e. The number of pyridine rings is 1. The zero-order valence-corrected chi connectivity index (χ0v) is 22.3. The lowest BCUT2D eigenvalue weighted by molar-refractivity contribution is -0.123. The molecule has 7 nitrogen and oxygen atoms in total. The van der Waals surface area contributed by atoms with Crippen LogP contribution in [0.1, 0.15) is 32.7 Å². The highest BCUT2D eigenvalue weighted by Crippen LogP contribution is 2.53. The third-order valence-corrected chi connectivity index (χ3v) is 8.51. The molecule has 4 aromatic rings. The predicted molar refractivity (Wildman–Crippen MR) is 153 cm³/mol. The number of anilines is 1. The van der Waals surface area contributed by atoms with Gasteiger partial charge in [0.1, 0.15) is 0 Å². The Balaban J connectivity index is 1.17. The first-order chi connectivity index (χ1) is 19.9. The minimum absolute atomic E-state index is 0.126. The van der Waals surface area contributed by atoms with E-state index in [2.05, 4.69) is 12.2 Å². The first-order valence-electron chi connectivity index (χ1n) is 13.7. The van der Waals surface area contributed by atoms with Gasteiger partial charge in [-0.25, -0.2) is 9.78 Å². The van der Waals surface area contributed by atoms with Crippen LogP contribution < -0.4 is 4.90 Å². The fraction of sp³-hybridized carbons (Fsp3) is 0.206. The van der Waals surface area contributed by atoms with Crippen LogP contribution in [-0.2, 0) is 14.3 Å². The average molecular weight is 543 g/mol. The lowest BCUT2D eigenvalue weighted by Gasteiger charge is -2.17. The van der Waals surface area contributed by atoms with Crippen LogP contribution in [0.5, 0.6) is 0 Å². The molecule has 2 bridgehead atoms. The molecule has 0 radical (unpaired) electrons. The Bertz CT molecular complexity index is 1750. The molecule has 1 saturated heterocycles. The fourth-order valence-electron chi connectivity index (χ4n) is 6.51. The quantitative estimate of drug-likeness (QED) is 0.137. The van der Waals surface area contributed by atoms with Crippen LogP contribution >= 0.6 is 0 Å². The Kier molecular flexibility index (Phi) is 5.89. The number of ether oxygens (including phenoxy) is 1. The maximum Gasteiger partial charge on any atom is 0.339 e. The second-order valence-corrected chi connectivity index (χ2v) is 11.0. The van der Waals surface area contributed by atoms with E-state index in [1.54, 1.807) is 54.6 Å². The Hall–Kier alpha value is -4.91. The molecular weight excluding hydrogens is 516 g/mol. The molecule has 2 fully saturated rings. The largest absolute Gasteiger partial charge is 0.454 e. The first-order valence-corrected chi connectivity index (χ1v) is 13.7. The van der Waals surface area contributed by atoms with Gasteiger partial charge in [-0.05, 0) is 55.5 Å². The number of ketones is 1. The van der Waals surface area contributed by atoms with Crippen LogP contribution in [0, 0.1) is 30.6 Å². The number of amides is 2. The Labute approximate surface area is 236 Å². The maximum atomic E-state index is 13.3. The summed E-state index contributed by atoms with van der Waals surface area (Å²) in [5.41, 5.74) is 4.13. The monoisotopic (exact) mass is 542 g/mol. The molecule has 0 spiro atoms. The zero-order chi connectivity index (χ0) is 28.2. The van der Waals surface area contributed by atoms with Crippen LogP contribution in [0.4, 0.5) is 5.69 Å². The number of carbonyl (C=O) groups is 4. The number of imide groups is 1. The number of allylic oxidation sites excluding steroid dienone is 2. The second-order valence-electron chi connectivity index (χ2n) is 11.0.